The number of esters is 2. The van der Waals surface area contributed by atoms with Crippen LogP contribution >= 0.6 is 0 Å². The first-order valence-corrected chi connectivity index (χ1v) is 6.17. The summed E-state index contributed by atoms with van der Waals surface area (Å²) in [6, 6.07) is 0. The third-order valence-electron chi connectivity index (χ3n) is 2.55. The van der Waals surface area contributed by atoms with Crippen LogP contribution in [-0.2, 0) is 23.8 Å². The third kappa shape index (κ3) is 6.21. The van der Waals surface area contributed by atoms with Gasteiger partial charge >= 0.3 is 18.0 Å². The molecule has 7 heteroatoms. The van der Waals surface area contributed by atoms with Crippen LogP contribution in [0.5, 0.6) is 0 Å². The summed E-state index contributed by atoms with van der Waals surface area (Å²) in [5.41, 5.74) is -1.22. The van der Waals surface area contributed by atoms with E-state index in [4.69, 9.17) is 4.74 Å². The van der Waals surface area contributed by atoms with Gasteiger partial charge in [0, 0.05) is 6.08 Å². The number of nitrogens with one attached hydrogen (secondary N) is 1. The van der Waals surface area contributed by atoms with Crippen molar-refractivity contribution in [2.75, 3.05) is 20.8 Å². The van der Waals surface area contributed by atoms with Gasteiger partial charge in [0.05, 0.1) is 20.8 Å². The highest BCUT2D eigenvalue weighted by Gasteiger charge is 2.35. The number of hydrogen-bond acceptors (Lipinski definition) is 6. The van der Waals surface area contributed by atoms with E-state index < -0.39 is 23.6 Å². The van der Waals surface area contributed by atoms with Crippen molar-refractivity contribution in [1.82, 2.24) is 5.32 Å². The van der Waals surface area contributed by atoms with E-state index in [9.17, 15) is 14.4 Å². The minimum absolute atomic E-state index is 0.255. The molecule has 0 aromatic heterocycles. The molecular weight excluding hydrogens is 266 g/mol. The number of hydrogen-bond donors (Lipinski definition) is 1. The number of allylic oxidation sites excluding steroid dienone is 1. The number of amides is 1. The number of carbonyl (C=O) groups is 3. The smallest absolute Gasteiger partial charge is 0.407 e. The molecule has 0 unspecified atom stereocenters. The Morgan fingerprint density at radius 3 is 2.35 bits per heavy atom. The average molecular weight is 287 g/mol. The van der Waals surface area contributed by atoms with Gasteiger partial charge in [0.15, 0.2) is 0 Å². The summed E-state index contributed by atoms with van der Waals surface area (Å²) in [6.07, 6.45) is 2.75. The second-order valence-corrected chi connectivity index (χ2v) is 4.13. The van der Waals surface area contributed by atoms with Gasteiger partial charge in [-0.25, -0.2) is 14.4 Å². The van der Waals surface area contributed by atoms with Crippen molar-refractivity contribution in [2.24, 2.45) is 0 Å². The summed E-state index contributed by atoms with van der Waals surface area (Å²) in [7, 11) is 2.43. The minimum Gasteiger partial charge on any atom is -0.467 e. The fourth-order valence-electron chi connectivity index (χ4n) is 1.46. The second kappa shape index (κ2) is 8.95. The number of alkyl carbamates (subject to hydrolysis) is 1. The first-order valence-electron chi connectivity index (χ1n) is 6.17. The molecule has 7 nitrogen and oxygen atoms in total. The molecule has 1 atom stereocenters. The topological polar surface area (TPSA) is 90.9 Å². The van der Waals surface area contributed by atoms with Crippen LogP contribution in [0.25, 0.3) is 0 Å². The van der Waals surface area contributed by atoms with Crippen LogP contribution in [0.15, 0.2) is 12.2 Å². The van der Waals surface area contributed by atoms with Gasteiger partial charge in [-0.2, -0.15) is 0 Å². The van der Waals surface area contributed by atoms with Gasteiger partial charge in [-0.15, -0.1) is 0 Å². The molecule has 0 aromatic rings. The molecule has 0 saturated heterocycles. The van der Waals surface area contributed by atoms with Gasteiger partial charge in [-0.05, 0) is 26.7 Å². The van der Waals surface area contributed by atoms with Crippen LogP contribution in [0, 0.1) is 0 Å². The zero-order chi connectivity index (χ0) is 15.6. The lowest BCUT2D eigenvalue weighted by atomic mass is 9.96. The molecule has 0 saturated carbocycles. The van der Waals surface area contributed by atoms with Crippen LogP contribution in [-0.4, -0.2) is 44.4 Å². The Bertz CT molecular complexity index is 379. The Morgan fingerprint density at radius 2 is 1.85 bits per heavy atom. The molecule has 0 aromatic carbocycles. The first-order chi connectivity index (χ1) is 9.39. The van der Waals surface area contributed by atoms with Gasteiger partial charge in [0.2, 0.25) is 0 Å². The lowest BCUT2D eigenvalue weighted by Gasteiger charge is -2.26. The van der Waals surface area contributed by atoms with Crippen molar-refractivity contribution < 1.29 is 28.6 Å². The lowest BCUT2D eigenvalue weighted by Crippen LogP contribution is -2.52. The standard InChI is InChI=1S/C13H21NO6/c1-5-20-10(15)8-6-7-9-13(2,11(16)18-3)14-12(17)19-4/h6,8H,5,7,9H2,1-4H3,(H,14,17)/b8-6+/t13-/m0/s1. The summed E-state index contributed by atoms with van der Waals surface area (Å²) < 4.78 is 13.8. The third-order valence-corrected chi connectivity index (χ3v) is 2.55. The van der Waals surface area contributed by atoms with Crippen molar-refractivity contribution in [3.05, 3.63) is 12.2 Å². The zero-order valence-electron chi connectivity index (χ0n) is 12.2. The van der Waals surface area contributed by atoms with Crippen LogP contribution < -0.4 is 5.32 Å². The van der Waals surface area contributed by atoms with E-state index in [1.54, 1.807) is 13.0 Å². The quantitative estimate of drug-likeness (QED) is 0.429. The largest absolute Gasteiger partial charge is 0.467 e. The highest BCUT2D eigenvalue weighted by atomic mass is 16.5. The first kappa shape index (κ1) is 17.9. The van der Waals surface area contributed by atoms with Crippen molar-refractivity contribution in [2.45, 2.75) is 32.2 Å². The molecule has 1 amide bonds. The second-order valence-electron chi connectivity index (χ2n) is 4.13. The van der Waals surface area contributed by atoms with Gasteiger partial charge in [0.1, 0.15) is 5.54 Å². The predicted molar refractivity (Wildman–Crippen MR) is 71.0 cm³/mol. The van der Waals surface area contributed by atoms with Gasteiger partial charge in [-0.1, -0.05) is 6.08 Å². The molecule has 114 valence electrons. The van der Waals surface area contributed by atoms with Crippen LogP contribution in [0.3, 0.4) is 0 Å². The Kier molecular flexibility index (Phi) is 8.03. The van der Waals surface area contributed by atoms with Gasteiger partial charge in [-0.3, -0.25) is 0 Å². The highest BCUT2D eigenvalue weighted by Crippen LogP contribution is 2.15. The lowest BCUT2D eigenvalue weighted by molar-refractivity contribution is -0.147. The average Bonchev–Trinajstić information content (AvgIpc) is 2.42. The molecule has 0 aliphatic rings. The van der Waals surface area contributed by atoms with E-state index in [1.807, 2.05) is 0 Å². The summed E-state index contributed by atoms with van der Waals surface area (Å²) >= 11 is 0. The van der Waals surface area contributed by atoms with Crippen molar-refractivity contribution in [3.63, 3.8) is 0 Å². The van der Waals surface area contributed by atoms with E-state index in [0.717, 1.165) is 0 Å². The molecule has 0 rings (SSSR count). The van der Waals surface area contributed by atoms with Crippen LogP contribution in [0.1, 0.15) is 26.7 Å². The Morgan fingerprint density at radius 1 is 1.20 bits per heavy atom. The van der Waals surface area contributed by atoms with E-state index in [1.165, 1.54) is 27.2 Å². The summed E-state index contributed by atoms with van der Waals surface area (Å²) in [6.45, 7) is 3.53. The number of carbonyl (C=O) groups excluding carboxylic acids is 3. The molecule has 0 aliphatic heterocycles. The van der Waals surface area contributed by atoms with Gasteiger partial charge in [0.25, 0.3) is 0 Å². The Labute approximate surface area is 118 Å². The van der Waals surface area contributed by atoms with E-state index in [2.05, 4.69) is 14.8 Å². The molecule has 20 heavy (non-hydrogen) atoms. The van der Waals surface area contributed by atoms with Crippen molar-refractivity contribution >= 4 is 18.0 Å². The number of ether oxygens (including phenoxy) is 3. The van der Waals surface area contributed by atoms with Crippen LogP contribution in [0.4, 0.5) is 4.79 Å². The SMILES string of the molecule is CCOC(=O)/C=C/CC[C@](C)(NC(=O)OC)C(=O)OC. The number of rotatable bonds is 7. The molecule has 1 N–H and O–H groups in total. The fourth-order valence-corrected chi connectivity index (χ4v) is 1.46. The summed E-state index contributed by atoms with van der Waals surface area (Å²) in [5, 5.41) is 2.42. The molecule has 0 spiro atoms. The minimum atomic E-state index is -1.22. The van der Waals surface area contributed by atoms with E-state index in [0.29, 0.717) is 13.0 Å². The van der Waals surface area contributed by atoms with Crippen molar-refractivity contribution in [3.8, 4) is 0 Å². The summed E-state index contributed by atoms with van der Waals surface area (Å²) in [5.74, 6) is -1.04. The molecule has 0 bridgehead atoms. The number of methoxy groups -OCH3 is 2. The molecule has 0 fully saturated rings. The normalized spacial score (nSPS) is 13.4. The maximum atomic E-state index is 11.7. The summed E-state index contributed by atoms with van der Waals surface area (Å²) in [4.78, 5) is 34.0. The fraction of sp³-hybridized carbons (Fsp3) is 0.615. The molecule has 0 heterocycles. The van der Waals surface area contributed by atoms with E-state index in [-0.39, 0.29) is 6.42 Å². The maximum Gasteiger partial charge on any atom is 0.407 e. The predicted octanol–water partition coefficient (Wildman–Crippen LogP) is 1.17. The van der Waals surface area contributed by atoms with Gasteiger partial charge < -0.3 is 19.5 Å². The Hall–Kier alpha value is -2.05. The molecule has 0 aliphatic carbocycles. The Balaban J connectivity index is 4.55. The van der Waals surface area contributed by atoms with Crippen LogP contribution in [0.2, 0.25) is 0 Å². The molecule has 0 radical (unpaired) electrons. The van der Waals surface area contributed by atoms with E-state index >= 15 is 0 Å². The molecular formula is C13H21NO6. The maximum absolute atomic E-state index is 11.7. The van der Waals surface area contributed by atoms with Crippen molar-refractivity contribution in [1.29, 1.82) is 0 Å². The highest BCUT2D eigenvalue weighted by molar-refractivity contribution is 5.85. The zero-order valence-corrected chi connectivity index (χ0v) is 12.2. The monoisotopic (exact) mass is 287 g/mol.